The zero-order valence-electron chi connectivity index (χ0n) is 10.1. The molecule has 0 saturated carbocycles. The van der Waals surface area contributed by atoms with E-state index in [2.05, 4.69) is 23.7 Å². The number of likely N-dealkylation sites (tertiary alicyclic amines) is 1. The molecule has 1 aromatic rings. The van der Waals surface area contributed by atoms with Gasteiger partial charge >= 0.3 is 0 Å². The van der Waals surface area contributed by atoms with Gasteiger partial charge in [-0.3, -0.25) is 9.88 Å². The monoisotopic (exact) mass is 220 g/mol. The fraction of sp³-hybridized carbons (Fsp3) is 0.615. The predicted molar refractivity (Wildman–Crippen MR) is 64.2 cm³/mol. The Morgan fingerprint density at radius 2 is 2.25 bits per heavy atom. The van der Waals surface area contributed by atoms with Crippen LogP contribution in [0.3, 0.4) is 0 Å². The molecule has 0 radical (unpaired) electrons. The third kappa shape index (κ3) is 2.53. The first-order valence-corrected chi connectivity index (χ1v) is 6.05. The second-order valence-electron chi connectivity index (χ2n) is 4.84. The molecule has 0 amide bonds. The number of hydrogen-bond donors (Lipinski definition) is 1. The summed E-state index contributed by atoms with van der Waals surface area (Å²) in [6.45, 7) is 6.67. The van der Waals surface area contributed by atoms with Gasteiger partial charge in [0.1, 0.15) is 5.75 Å². The van der Waals surface area contributed by atoms with Crippen molar-refractivity contribution in [3.05, 3.63) is 24.0 Å². The lowest BCUT2D eigenvalue weighted by Crippen LogP contribution is -2.41. The van der Waals surface area contributed by atoms with E-state index >= 15 is 0 Å². The van der Waals surface area contributed by atoms with Crippen molar-refractivity contribution in [2.75, 3.05) is 6.54 Å². The van der Waals surface area contributed by atoms with E-state index in [1.165, 1.54) is 19.0 Å². The summed E-state index contributed by atoms with van der Waals surface area (Å²) in [5.41, 5.74) is 1.04. The van der Waals surface area contributed by atoms with Crippen LogP contribution < -0.4 is 0 Å². The summed E-state index contributed by atoms with van der Waals surface area (Å²) in [4.78, 5) is 6.72. The number of nitrogens with zero attached hydrogens (tertiary/aromatic N) is 2. The number of aromatic hydroxyl groups is 1. The summed E-state index contributed by atoms with van der Waals surface area (Å²) < 4.78 is 0. The van der Waals surface area contributed by atoms with E-state index in [4.69, 9.17) is 0 Å². The molecule has 88 valence electrons. The fourth-order valence-electron chi connectivity index (χ4n) is 2.36. The molecule has 1 aliphatic heterocycles. The SMILES string of the molecule is CC1CCCN(Cc2ccc(O)cn2)C1C. The summed E-state index contributed by atoms with van der Waals surface area (Å²) >= 11 is 0. The normalized spacial score (nSPS) is 26.9. The zero-order chi connectivity index (χ0) is 11.5. The van der Waals surface area contributed by atoms with Gasteiger partial charge in [-0.2, -0.15) is 0 Å². The molecule has 3 heteroatoms. The minimum Gasteiger partial charge on any atom is -0.506 e. The lowest BCUT2D eigenvalue weighted by molar-refractivity contribution is 0.105. The van der Waals surface area contributed by atoms with Crippen molar-refractivity contribution in [3.8, 4) is 5.75 Å². The van der Waals surface area contributed by atoms with Crippen LogP contribution in [-0.2, 0) is 6.54 Å². The Morgan fingerprint density at radius 3 is 2.94 bits per heavy atom. The number of hydrogen-bond acceptors (Lipinski definition) is 3. The molecule has 2 rings (SSSR count). The van der Waals surface area contributed by atoms with Crippen LogP contribution in [0.5, 0.6) is 5.75 Å². The van der Waals surface area contributed by atoms with Crippen LogP contribution in [0.1, 0.15) is 32.4 Å². The third-order valence-electron chi connectivity index (χ3n) is 3.68. The Kier molecular flexibility index (Phi) is 3.44. The molecule has 1 aromatic heterocycles. The van der Waals surface area contributed by atoms with Gasteiger partial charge in [0.25, 0.3) is 0 Å². The smallest absolute Gasteiger partial charge is 0.133 e. The molecule has 0 aromatic carbocycles. The highest BCUT2D eigenvalue weighted by molar-refractivity contribution is 5.17. The highest BCUT2D eigenvalue weighted by Crippen LogP contribution is 2.24. The molecule has 0 bridgehead atoms. The van der Waals surface area contributed by atoms with E-state index in [9.17, 15) is 5.11 Å². The third-order valence-corrected chi connectivity index (χ3v) is 3.68. The summed E-state index contributed by atoms with van der Waals surface area (Å²) in [5.74, 6) is 1.01. The van der Waals surface area contributed by atoms with Gasteiger partial charge in [-0.05, 0) is 44.4 Å². The van der Waals surface area contributed by atoms with Gasteiger partial charge in [0.15, 0.2) is 0 Å². The molecule has 3 nitrogen and oxygen atoms in total. The quantitative estimate of drug-likeness (QED) is 0.831. The standard InChI is InChI=1S/C13H20N2O/c1-10-4-3-7-15(11(10)2)9-12-5-6-13(16)8-14-12/h5-6,8,10-11,16H,3-4,7,9H2,1-2H3. The summed E-state index contributed by atoms with van der Waals surface area (Å²) in [7, 11) is 0. The van der Waals surface area contributed by atoms with E-state index in [1.54, 1.807) is 6.07 Å². The molecule has 2 unspecified atom stereocenters. The van der Waals surface area contributed by atoms with Gasteiger partial charge in [0, 0.05) is 12.6 Å². The molecule has 1 aliphatic rings. The van der Waals surface area contributed by atoms with Crippen molar-refractivity contribution in [2.24, 2.45) is 5.92 Å². The lowest BCUT2D eigenvalue weighted by Gasteiger charge is -2.37. The van der Waals surface area contributed by atoms with Crippen LogP contribution in [0.15, 0.2) is 18.3 Å². The number of piperidine rings is 1. The van der Waals surface area contributed by atoms with Gasteiger partial charge < -0.3 is 5.11 Å². The maximum atomic E-state index is 9.18. The number of pyridine rings is 1. The molecular formula is C13H20N2O. The van der Waals surface area contributed by atoms with Crippen molar-refractivity contribution in [1.82, 2.24) is 9.88 Å². The first kappa shape index (κ1) is 11.4. The summed E-state index contributed by atoms with van der Waals surface area (Å²) in [6.07, 6.45) is 4.14. The second-order valence-corrected chi connectivity index (χ2v) is 4.84. The van der Waals surface area contributed by atoms with Crippen LogP contribution in [0.4, 0.5) is 0 Å². The highest BCUT2D eigenvalue weighted by Gasteiger charge is 2.24. The minimum absolute atomic E-state index is 0.240. The molecule has 16 heavy (non-hydrogen) atoms. The van der Waals surface area contributed by atoms with Crippen LogP contribution in [0.2, 0.25) is 0 Å². The Labute approximate surface area is 97.1 Å². The van der Waals surface area contributed by atoms with Crippen LogP contribution >= 0.6 is 0 Å². The van der Waals surface area contributed by atoms with Gasteiger partial charge in [-0.1, -0.05) is 6.92 Å². The van der Waals surface area contributed by atoms with Gasteiger partial charge in [0.05, 0.1) is 11.9 Å². The average molecular weight is 220 g/mol. The Balaban J connectivity index is 2.00. The van der Waals surface area contributed by atoms with Crippen LogP contribution in [0, 0.1) is 5.92 Å². The Bertz CT molecular complexity index is 336. The largest absolute Gasteiger partial charge is 0.506 e. The fourth-order valence-corrected chi connectivity index (χ4v) is 2.36. The van der Waals surface area contributed by atoms with E-state index in [-0.39, 0.29) is 5.75 Å². The lowest BCUT2D eigenvalue weighted by atomic mass is 9.92. The van der Waals surface area contributed by atoms with Crippen molar-refractivity contribution >= 4 is 0 Å². The van der Waals surface area contributed by atoms with Crippen molar-refractivity contribution in [2.45, 2.75) is 39.3 Å². The Hall–Kier alpha value is -1.09. The van der Waals surface area contributed by atoms with Gasteiger partial charge in [0.2, 0.25) is 0 Å². The first-order chi connectivity index (χ1) is 7.66. The molecule has 0 spiro atoms. The van der Waals surface area contributed by atoms with E-state index in [0.29, 0.717) is 6.04 Å². The zero-order valence-corrected chi connectivity index (χ0v) is 10.1. The molecular weight excluding hydrogens is 200 g/mol. The first-order valence-electron chi connectivity index (χ1n) is 6.05. The number of aromatic nitrogens is 1. The van der Waals surface area contributed by atoms with Crippen LogP contribution in [-0.4, -0.2) is 27.6 Å². The maximum absolute atomic E-state index is 9.18. The average Bonchev–Trinajstić information content (AvgIpc) is 2.28. The van der Waals surface area contributed by atoms with Crippen molar-refractivity contribution in [1.29, 1.82) is 0 Å². The maximum Gasteiger partial charge on any atom is 0.133 e. The van der Waals surface area contributed by atoms with Gasteiger partial charge in [-0.15, -0.1) is 0 Å². The van der Waals surface area contributed by atoms with Gasteiger partial charge in [-0.25, -0.2) is 0 Å². The summed E-state index contributed by atoms with van der Waals surface area (Å²) in [6, 6.07) is 4.24. The van der Waals surface area contributed by atoms with Crippen molar-refractivity contribution in [3.63, 3.8) is 0 Å². The molecule has 0 aliphatic carbocycles. The highest BCUT2D eigenvalue weighted by atomic mass is 16.3. The molecule has 2 heterocycles. The minimum atomic E-state index is 0.240. The molecule has 1 fully saturated rings. The van der Waals surface area contributed by atoms with Crippen LogP contribution in [0.25, 0.3) is 0 Å². The molecule has 2 atom stereocenters. The van der Waals surface area contributed by atoms with E-state index < -0.39 is 0 Å². The topological polar surface area (TPSA) is 36.4 Å². The predicted octanol–water partition coefficient (Wildman–Crippen LogP) is 2.41. The van der Waals surface area contributed by atoms with Crippen molar-refractivity contribution < 1.29 is 5.11 Å². The van der Waals surface area contributed by atoms with E-state index in [0.717, 1.165) is 24.7 Å². The summed E-state index contributed by atoms with van der Waals surface area (Å²) in [5, 5.41) is 9.18. The number of rotatable bonds is 2. The second kappa shape index (κ2) is 4.83. The van der Waals surface area contributed by atoms with E-state index in [1.807, 2.05) is 6.07 Å². The molecule has 1 saturated heterocycles. The Morgan fingerprint density at radius 1 is 1.44 bits per heavy atom. The molecule has 1 N–H and O–H groups in total.